The van der Waals surface area contributed by atoms with Gasteiger partial charge in [-0.15, -0.1) is 11.3 Å². The second-order valence-electron chi connectivity index (χ2n) is 6.13. The predicted octanol–water partition coefficient (Wildman–Crippen LogP) is 3.76. The van der Waals surface area contributed by atoms with E-state index in [-0.39, 0.29) is 12.3 Å². The number of thiazole rings is 1. The lowest BCUT2D eigenvalue weighted by atomic mass is 10.2. The van der Waals surface area contributed by atoms with E-state index in [9.17, 15) is 9.59 Å². The molecule has 1 heterocycles. The number of nitrogens with zero attached hydrogens (tertiary/aromatic N) is 1. The highest BCUT2D eigenvalue weighted by molar-refractivity contribution is 7.13. The lowest BCUT2D eigenvalue weighted by molar-refractivity contribution is -0.120. The standard InChI is InChI=1S/C21H21N3O4S/c1-27-21(26)24-20-23-17(14-29-20)11-19(25)22-12-15-7-9-18(10-8-15)28-13-16-5-3-2-4-6-16/h2-10,14H,11-13H2,1H3,(H,22,25)(H,23,24,26). The summed E-state index contributed by atoms with van der Waals surface area (Å²) in [4.78, 5) is 27.5. The van der Waals surface area contributed by atoms with Crippen LogP contribution in [0, 0.1) is 0 Å². The van der Waals surface area contributed by atoms with Crippen molar-refractivity contribution in [2.75, 3.05) is 12.4 Å². The zero-order chi connectivity index (χ0) is 20.5. The molecule has 0 aliphatic rings. The first-order valence-electron chi connectivity index (χ1n) is 8.94. The molecule has 0 unspecified atom stereocenters. The van der Waals surface area contributed by atoms with Gasteiger partial charge in [-0.05, 0) is 23.3 Å². The Morgan fingerprint density at radius 2 is 1.79 bits per heavy atom. The fourth-order valence-corrected chi connectivity index (χ4v) is 3.15. The summed E-state index contributed by atoms with van der Waals surface area (Å²) in [6.45, 7) is 0.923. The molecule has 0 aliphatic heterocycles. The third-order valence-corrected chi connectivity index (χ3v) is 4.76. The van der Waals surface area contributed by atoms with E-state index < -0.39 is 6.09 Å². The van der Waals surface area contributed by atoms with E-state index in [1.807, 2.05) is 54.6 Å². The molecule has 150 valence electrons. The van der Waals surface area contributed by atoms with E-state index in [4.69, 9.17) is 4.74 Å². The van der Waals surface area contributed by atoms with Crippen molar-refractivity contribution in [2.24, 2.45) is 0 Å². The minimum absolute atomic E-state index is 0.137. The molecular formula is C21H21N3O4S. The number of aromatic nitrogens is 1. The highest BCUT2D eigenvalue weighted by Gasteiger charge is 2.10. The summed E-state index contributed by atoms with van der Waals surface area (Å²) in [6, 6.07) is 17.6. The number of benzene rings is 2. The SMILES string of the molecule is COC(=O)Nc1nc(CC(=O)NCc2ccc(OCc3ccccc3)cc2)cs1. The Kier molecular flexibility index (Phi) is 7.18. The second kappa shape index (κ2) is 10.2. The zero-order valence-electron chi connectivity index (χ0n) is 15.9. The van der Waals surface area contributed by atoms with E-state index in [0.717, 1.165) is 16.9 Å². The average Bonchev–Trinajstić information content (AvgIpc) is 3.18. The van der Waals surface area contributed by atoms with E-state index in [1.165, 1.54) is 18.4 Å². The van der Waals surface area contributed by atoms with Gasteiger partial charge in [-0.3, -0.25) is 10.1 Å². The molecule has 8 heteroatoms. The van der Waals surface area contributed by atoms with Gasteiger partial charge >= 0.3 is 6.09 Å². The first-order chi connectivity index (χ1) is 14.1. The zero-order valence-corrected chi connectivity index (χ0v) is 16.7. The Balaban J connectivity index is 1.42. The molecule has 0 fully saturated rings. The minimum atomic E-state index is -0.591. The Hall–Kier alpha value is -3.39. The van der Waals surface area contributed by atoms with Crippen LogP contribution in [0.5, 0.6) is 5.75 Å². The number of ether oxygens (including phenoxy) is 2. The third kappa shape index (κ3) is 6.62. The van der Waals surface area contributed by atoms with Crippen LogP contribution in [-0.2, 0) is 29.1 Å². The van der Waals surface area contributed by atoms with Gasteiger partial charge in [0.25, 0.3) is 0 Å². The summed E-state index contributed by atoms with van der Waals surface area (Å²) >= 11 is 1.24. The summed E-state index contributed by atoms with van der Waals surface area (Å²) in [7, 11) is 1.28. The molecule has 3 aromatic rings. The van der Waals surface area contributed by atoms with Crippen LogP contribution in [0.4, 0.5) is 9.93 Å². The fourth-order valence-electron chi connectivity index (χ4n) is 2.46. The molecule has 0 saturated heterocycles. The van der Waals surface area contributed by atoms with Crippen LogP contribution in [0.15, 0.2) is 60.0 Å². The normalized spacial score (nSPS) is 10.2. The van der Waals surface area contributed by atoms with Crippen molar-refractivity contribution in [3.8, 4) is 5.75 Å². The second-order valence-corrected chi connectivity index (χ2v) is 6.99. The van der Waals surface area contributed by atoms with Crippen LogP contribution in [0.25, 0.3) is 0 Å². The number of methoxy groups -OCH3 is 1. The van der Waals surface area contributed by atoms with Gasteiger partial charge < -0.3 is 14.8 Å². The summed E-state index contributed by atoms with van der Waals surface area (Å²) in [5.41, 5.74) is 2.66. The van der Waals surface area contributed by atoms with Gasteiger partial charge in [0.05, 0.1) is 19.2 Å². The lowest BCUT2D eigenvalue weighted by Crippen LogP contribution is -2.24. The molecule has 0 spiro atoms. The lowest BCUT2D eigenvalue weighted by Gasteiger charge is -2.08. The predicted molar refractivity (Wildman–Crippen MR) is 111 cm³/mol. The molecule has 2 N–H and O–H groups in total. The molecule has 0 saturated carbocycles. The van der Waals surface area contributed by atoms with Crippen molar-refractivity contribution in [3.05, 3.63) is 76.8 Å². The van der Waals surface area contributed by atoms with Gasteiger partial charge in [0.2, 0.25) is 5.91 Å². The number of rotatable bonds is 8. The maximum absolute atomic E-state index is 12.1. The van der Waals surface area contributed by atoms with Gasteiger partial charge in [0.15, 0.2) is 5.13 Å². The summed E-state index contributed by atoms with van der Waals surface area (Å²) in [5.74, 6) is 0.626. The topological polar surface area (TPSA) is 89.5 Å². The van der Waals surface area contributed by atoms with Gasteiger partial charge in [-0.1, -0.05) is 42.5 Å². The average molecular weight is 411 g/mol. The van der Waals surface area contributed by atoms with E-state index in [1.54, 1.807) is 5.38 Å². The van der Waals surface area contributed by atoms with Gasteiger partial charge in [0, 0.05) is 11.9 Å². The number of nitrogens with one attached hydrogen (secondary N) is 2. The highest BCUT2D eigenvalue weighted by Crippen LogP contribution is 2.16. The molecule has 0 atom stereocenters. The van der Waals surface area contributed by atoms with E-state index in [2.05, 4.69) is 20.4 Å². The smallest absolute Gasteiger partial charge is 0.413 e. The van der Waals surface area contributed by atoms with Crippen LogP contribution >= 0.6 is 11.3 Å². The summed E-state index contributed by atoms with van der Waals surface area (Å²) < 4.78 is 10.3. The Morgan fingerprint density at radius 3 is 2.52 bits per heavy atom. The van der Waals surface area contributed by atoms with Crippen LogP contribution in [0.2, 0.25) is 0 Å². The first-order valence-corrected chi connectivity index (χ1v) is 9.82. The summed E-state index contributed by atoms with van der Waals surface area (Å²) in [5, 5.41) is 7.45. The van der Waals surface area contributed by atoms with Gasteiger partial charge in [-0.2, -0.15) is 0 Å². The Labute approximate surface area is 172 Å². The molecule has 7 nitrogen and oxygen atoms in total. The van der Waals surface area contributed by atoms with Gasteiger partial charge in [0.1, 0.15) is 12.4 Å². The summed E-state index contributed by atoms with van der Waals surface area (Å²) in [6.07, 6.45) is -0.455. The number of hydrogen-bond acceptors (Lipinski definition) is 6. The molecule has 29 heavy (non-hydrogen) atoms. The number of hydrogen-bond donors (Lipinski definition) is 2. The molecule has 0 aliphatic carbocycles. The van der Waals surface area contributed by atoms with Crippen molar-refractivity contribution in [1.29, 1.82) is 0 Å². The van der Waals surface area contributed by atoms with Crippen LogP contribution in [-0.4, -0.2) is 24.1 Å². The molecule has 1 aromatic heterocycles. The molecule has 3 rings (SSSR count). The van der Waals surface area contributed by atoms with E-state index >= 15 is 0 Å². The minimum Gasteiger partial charge on any atom is -0.489 e. The van der Waals surface area contributed by atoms with Crippen molar-refractivity contribution in [3.63, 3.8) is 0 Å². The number of amides is 2. The Bertz CT molecular complexity index is 942. The van der Waals surface area contributed by atoms with Crippen molar-refractivity contribution in [1.82, 2.24) is 10.3 Å². The van der Waals surface area contributed by atoms with Gasteiger partial charge in [-0.25, -0.2) is 9.78 Å². The maximum atomic E-state index is 12.1. The quantitative estimate of drug-likeness (QED) is 0.589. The maximum Gasteiger partial charge on any atom is 0.413 e. The fraction of sp³-hybridized carbons (Fsp3) is 0.190. The first kappa shape index (κ1) is 20.3. The Morgan fingerprint density at radius 1 is 1.03 bits per heavy atom. The molecule has 0 radical (unpaired) electrons. The van der Waals surface area contributed by atoms with Crippen molar-refractivity contribution in [2.45, 2.75) is 19.6 Å². The largest absolute Gasteiger partial charge is 0.489 e. The monoisotopic (exact) mass is 411 g/mol. The highest BCUT2D eigenvalue weighted by atomic mass is 32.1. The van der Waals surface area contributed by atoms with E-state index in [0.29, 0.717) is 24.0 Å². The number of carbonyl (C=O) groups excluding carboxylic acids is 2. The van der Waals surface area contributed by atoms with Crippen molar-refractivity contribution < 1.29 is 19.1 Å². The molecule has 2 aromatic carbocycles. The van der Waals surface area contributed by atoms with Crippen LogP contribution < -0.4 is 15.4 Å². The van der Waals surface area contributed by atoms with Crippen molar-refractivity contribution >= 4 is 28.5 Å². The molecule has 0 bridgehead atoms. The van der Waals surface area contributed by atoms with Crippen LogP contribution in [0.1, 0.15) is 16.8 Å². The number of carbonyl (C=O) groups is 2. The van der Waals surface area contributed by atoms with Crippen LogP contribution in [0.3, 0.4) is 0 Å². The number of anilines is 1. The molecular weight excluding hydrogens is 390 g/mol. The third-order valence-electron chi connectivity index (χ3n) is 3.95. The molecule has 2 amide bonds.